The zero-order valence-corrected chi connectivity index (χ0v) is 19.2. The topological polar surface area (TPSA) is 65.7 Å². The van der Waals surface area contributed by atoms with Gasteiger partial charge in [0, 0.05) is 18.8 Å². The molecule has 154 valence electrons. The van der Waals surface area contributed by atoms with Gasteiger partial charge in [0.25, 0.3) is 0 Å². The number of nitrogens with one attached hydrogen (secondary N) is 2. The van der Waals surface area contributed by atoms with E-state index >= 15 is 0 Å². The van der Waals surface area contributed by atoms with Crippen LogP contribution in [-0.2, 0) is 6.54 Å². The minimum atomic E-state index is 0. The maximum absolute atomic E-state index is 5.73. The second-order valence-corrected chi connectivity index (χ2v) is 6.97. The van der Waals surface area contributed by atoms with Gasteiger partial charge < -0.3 is 15.1 Å². The standard InChI is InChI=1S/C21H31N5O.HI/c1-3-22-21(23-15-18-10-7-9-17(2)25-18)24-16-19(20-11-8-14-27-20)26-12-5-4-6-13-26;/h7-11,14,19H,3-6,12-13,15-16H2,1-2H3,(H2,22,23,24);1H. The Morgan fingerprint density at radius 3 is 2.68 bits per heavy atom. The molecule has 2 N–H and O–H groups in total. The fourth-order valence-electron chi connectivity index (χ4n) is 3.50. The van der Waals surface area contributed by atoms with E-state index < -0.39 is 0 Å². The number of guanidine groups is 1. The highest BCUT2D eigenvalue weighted by molar-refractivity contribution is 14.0. The van der Waals surface area contributed by atoms with Gasteiger partial charge >= 0.3 is 0 Å². The first-order chi connectivity index (χ1) is 13.3. The molecular formula is C21H32IN5O. The molecular weight excluding hydrogens is 465 g/mol. The first-order valence-electron chi connectivity index (χ1n) is 9.98. The largest absolute Gasteiger partial charge is 0.468 e. The molecule has 0 aromatic carbocycles. The quantitative estimate of drug-likeness (QED) is 0.345. The fourth-order valence-corrected chi connectivity index (χ4v) is 3.50. The maximum Gasteiger partial charge on any atom is 0.191 e. The number of aliphatic imine (C=N–C) groups is 1. The van der Waals surface area contributed by atoms with Gasteiger partial charge in [0.05, 0.1) is 24.5 Å². The summed E-state index contributed by atoms with van der Waals surface area (Å²) in [5.74, 6) is 1.83. The molecule has 2 aromatic heterocycles. The smallest absolute Gasteiger partial charge is 0.191 e. The third-order valence-electron chi connectivity index (χ3n) is 4.86. The monoisotopic (exact) mass is 497 g/mol. The van der Waals surface area contributed by atoms with Crippen molar-refractivity contribution in [2.75, 3.05) is 26.2 Å². The number of likely N-dealkylation sites (tertiary alicyclic amines) is 1. The Bertz CT molecular complexity index is 713. The first kappa shape index (κ1) is 22.7. The highest BCUT2D eigenvalue weighted by atomic mass is 127. The molecule has 1 saturated heterocycles. The van der Waals surface area contributed by atoms with Crippen molar-refractivity contribution in [3.05, 3.63) is 53.7 Å². The second kappa shape index (κ2) is 12.1. The van der Waals surface area contributed by atoms with E-state index in [1.165, 1.54) is 19.3 Å². The molecule has 7 heteroatoms. The predicted octanol–water partition coefficient (Wildman–Crippen LogP) is 3.88. The van der Waals surface area contributed by atoms with Gasteiger partial charge in [-0.3, -0.25) is 9.88 Å². The molecule has 0 spiro atoms. The van der Waals surface area contributed by atoms with Gasteiger partial charge in [-0.2, -0.15) is 0 Å². The van der Waals surface area contributed by atoms with Crippen molar-refractivity contribution in [2.45, 2.75) is 45.7 Å². The van der Waals surface area contributed by atoms with Crippen molar-refractivity contribution in [1.29, 1.82) is 0 Å². The minimum Gasteiger partial charge on any atom is -0.468 e. The van der Waals surface area contributed by atoms with Gasteiger partial charge in [-0.1, -0.05) is 12.5 Å². The summed E-state index contributed by atoms with van der Waals surface area (Å²) < 4.78 is 5.73. The van der Waals surface area contributed by atoms with Gasteiger partial charge in [0.2, 0.25) is 0 Å². The summed E-state index contributed by atoms with van der Waals surface area (Å²) in [5, 5.41) is 6.83. The molecule has 1 atom stereocenters. The average molecular weight is 497 g/mol. The van der Waals surface area contributed by atoms with Crippen molar-refractivity contribution >= 4 is 29.9 Å². The number of aryl methyl sites for hydroxylation is 1. The molecule has 3 rings (SSSR count). The van der Waals surface area contributed by atoms with E-state index in [1.54, 1.807) is 6.26 Å². The van der Waals surface area contributed by atoms with E-state index in [-0.39, 0.29) is 30.0 Å². The van der Waals surface area contributed by atoms with Crippen LogP contribution < -0.4 is 10.6 Å². The number of aromatic nitrogens is 1. The van der Waals surface area contributed by atoms with E-state index in [1.807, 2.05) is 31.2 Å². The molecule has 28 heavy (non-hydrogen) atoms. The van der Waals surface area contributed by atoms with Gasteiger partial charge in [-0.05, 0) is 64.0 Å². The molecule has 3 heterocycles. The van der Waals surface area contributed by atoms with Crippen molar-refractivity contribution in [1.82, 2.24) is 20.5 Å². The normalized spacial score (nSPS) is 16.3. The van der Waals surface area contributed by atoms with Crippen LogP contribution in [-0.4, -0.2) is 42.0 Å². The fraction of sp³-hybridized carbons (Fsp3) is 0.524. The van der Waals surface area contributed by atoms with Crippen LogP contribution in [0.5, 0.6) is 0 Å². The average Bonchev–Trinajstić information content (AvgIpc) is 3.21. The number of furan rings is 1. The number of nitrogens with zero attached hydrogens (tertiary/aromatic N) is 3. The zero-order valence-electron chi connectivity index (χ0n) is 16.9. The SMILES string of the molecule is CCNC(=NCc1cccc(C)n1)NCC(c1ccco1)N1CCCCC1.I. The van der Waals surface area contributed by atoms with Crippen LogP contribution in [0.1, 0.15) is 49.4 Å². The summed E-state index contributed by atoms with van der Waals surface area (Å²) in [4.78, 5) is 11.7. The second-order valence-electron chi connectivity index (χ2n) is 6.97. The third-order valence-corrected chi connectivity index (χ3v) is 4.86. The molecule has 2 aromatic rings. The van der Waals surface area contributed by atoms with Crippen LogP contribution in [0.4, 0.5) is 0 Å². The molecule has 0 amide bonds. The lowest BCUT2D eigenvalue weighted by Gasteiger charge is -2.33. The molecule has 1 fully saturated rings. The number of piperidine rings is 1. The number of hydrogen-bond acceptors (Lipinski definition) is 4. The van der Waals surface area contributed by atoms with Crippen LogP contribution >= 0.6 is 24.0 Å². The Balaban J connectivity index is 0.00000280. The Morgan fingerprint density at radius 1 is 1.18 bits per heavy atom. The number of halogens is 1. The van der Waals surface area contributed by atoms with Crippen molar-refractivity contribution in [2.24, 2.45) is 4.99 Å². The number of rotatable bonds is 7. The van der Waals surface area contributed by atoms with Crippen molar-refractivity contribution < 1.29 is 4.42 Å². The molecule has 0 saturated carbocycles. The summed E-state index contributed by atoms with van der Waals surface area (Å²) in [6.07, 6.45) is 5.59. The summed E-state index contributed by atoms with van der Waals surface area (Å²) in [7, 11) is 0. The highest BCUT2D eigenvalue weighted by Gasteiger charge is 2.24. The highest BCUT2D eigenvalue weighted by Crippen LogP contribution is 2.24. The van der Waals surface area contributed by atoms with Crippen LogP contribution in [0.15, 0.2) is 46.0 Å². The summed E-state index contributed by atoms with van der Waals surface area (Å²) >= 11 is 0. The number of hydrogen-bond donors (Lipinski definition) is 2. The van der Waals surface area contributed by atoms with Crippen LogP contribution in [0.3, 0.4) is 0 Å². The van der Waals surface area contributed by atoms with E-state index in [9.17, 15) is 0 Å². The van der Waals surface area contributed by atoms with E-state index in [2.05, 4.69) is 33.5 Å². The van der Waals surface area contributed by atoms with E-state index in [0.29, 0.717) is 6.54 Å². The zero-order chi connectivity index (χ0) is 18.9. The molecule has 1 aliphatic heterocycles. The lowest BCUT2D eigenvalue weighted by molar-refractivity contribution is 0.146. The van der Waals surface area contributed by atoms with Gasteiger partial charge in [-0.25, -0.2) is 4.99 Å². The lowest BCUT2D eigenvalue weighted by atomic mass is 10.1. The molecule has 1 aliphatic rings. The molecule has 6 nitrogen and oxygen atoms in total. The third kappa shape index (κ3) is 6.77. The van der Waals surface area contributed by atoms with Crippen LogP contribution in [0.2, 0.25) is 0 Å². The molecule has 1 unspecified atom stereocenters. The molecule has 0 bridgehead atoms. The summed E-state index contributed by atoms with van der Waals surface area (Å²) in [6, 6.07) is 10.3. The van der Waals surface area contributed by atoms with Gasteiger partial charge in [0.15, 0.2) is 5.96 Å². The van der Waals surface area contributed by atoms with Gasteiger partial charge in [0.1, 0.15) is 5.76 Å². The maximum atomic E-state index is 5.73. The number of pyridine rings is 1. The molecule has 0 aliphatic carbocycles. The van der Waals surface area contributed by atoms with Crippen molar-refractivity contribution in [3.63, 3.8) is 0 Å². The minimum absolute atomic E-state index is 0. The molecule has 0 radical (unpaired) electrons. The summed E-state index contributed by atoms with van der Waals surface area (Å²) in [5.41, 5.74) is 1.99. The predicted molar refractivity (Wildman–Crippen MR) is 124 cm³/mol. The lowest BCUT2D eigenvalue weighted by Crippen LogP contribution is -2.44. The Morgan fingerprint density at radius 2 is 2.00 bits per heavy atom. The Kier molecular flexibility index (Phi) is 9.77. The van der Waals surface area contributed by atoms with E-state index in [0.717, 1.165) is 49.3 Å². The van der Waals surface area contributed by atoms with Crippen molar-refractivity contribution in [3.8, 4) is 0 Å². The first-order valence-corrected chi connectivity index (χ1v) is 9.98. The van der Waals surface area contributed by atoms with Crippen LogP contribution in [0.25, 0.3) is 0 Å². The van der Waals surface area contributed by atoms with Crippen LogP contribution in [0, 0.1) is 6.92 Å². The summed E-state index contributed by atoms with van der Waals surface area (Å²) in [6.45, 7) is 8.47. The van der Waals surface area contributed by atoms with Gasteiger partial charge in [-0.15, -0.1) is 24.0 Å². The Labute approximate surface area is 185 Å². The Hall–Kier alpha value is -1.61. The van der Waals surface area contributed by atoms with E-state index in [4.69, 9.17) is 9.41 Å².